The second-order valence-electron chi connectivity index (χ2n) is 6.19. The number of nitrogens with zero attached hydrogens (tertiary/aromatic N) is 1. The lowest BCUT2D eigenvalue weighted by molar-refractivity contribution is -0.116. The van der Waals surface area contributed by atoms with Gasteiger partial charge in [-0.2, -0.15) is 0 Å². The molecule has 5 nitrogen and oxygen atoms in total. The van der Waals surface area contributed by atoms with Gasteiger partial charge in [0.2, 0.25) is 0 Å². The lowest BCUT2D eigenvalue weighted by Gasteiger charge is -2.36. The van der Waals surface area contributed by atoms with E-state index < -0.39 is 0 Å². The molecule has 3 rings (SSSR count). The summed E-state index contributed by atoms with van der Waals surface area (Å²) in [6, 6.07) is 13.4. The number of carbonyl (C=O) groups excluding carboxylic acids is 1. The van der Waals surface area contributed by atoms with Gasteiger partial charge in [0.05, 0.1) is 12.6 Å². The lowest BCUT2D eigenvalue weighted by Crippen LogP contribution is -2.35. The number of aliphatic hydroxyl groups is 1. The number of benzene rings is 2. The molecule has 0 saturated carbocycles. The van der Waals surface area contributed by atoms with E-state index in [1.54, 1.807) is 54.6 Å². The first kappa shape index (κ1) is 17.8. The van der Waals surface area contributed by atoms with E-state index in [4.69, 9.17) is 0 Å². The van der Waals surface area contributed by atoms with Crippen molar-refractivity contribution in [3.05, 3.63) is 77.5 Å². The molecule has 1 aliphatic rings. The summed E-state index contributed by atoms with van der Waals surface area (Å²) in [7, 11) is 0. The largest absolute Gasteiger partial charge is 0.508 e. The molecule has 0 fully saturated rings. The van der Waals surface area contributed by atoms with Crippen LogP contribution in [0.4, 0.5) is 0 Å². The quantitative estimate of drug-likeness (QED) is 0.772. The number of β-amino-alcohol motifs (C(OH)–C–C–N with tert-alkyl or cyclic N) is 1. The molecule has 0 spiro atoms. The minimum absolute atomic E-state index is 0.0163. The second-order valence-corrected chi connectivity index (χ2v) is 6.19. The highest BCUT2D eigenvalue weighted by molar-refractivity contribution is 5.92. The maximum absolute atomic E-state index is 12.2. The first-order valence-corrected chi connectivity index (χ1v) is 8.45. The molecule has 0 saturated heterocycles. The molecule has 0 amide bonds. The van der Waals surface area contributed by atoms with Crippen LogP contribution in [0.5, 0.6) is 11.5 Å². The smallest absolute Gasteiger partial charge is 0.160 e. The lowest BCUT2D eigenvalue weighted by atomic mass is 9.94. The van der Waals surface area contributed by atoms with Crippen molar-refractivity contribution in [2.75, 3.05) is 13.2 Å². The zero-order chi connectivity index (χ0) is 18.5. The minimum Gasteiger partial charge on any atom is -0.508 e. The van der Waals surface area contributed by atoms with Crippen LogP contribution in [0.1, 0.15) is 23.6 Å². The highest BCUT2D eigenvalue weighted by Crippen LogP contribution is 2.33. The average Bonchev–Trinajstić information content (AvgIpc) is 2.63. The van der Waals surface area contributed by atoms with Crippen LogP contribution in [0.25, 0.3) is 6.08 Å². The van der Waals surface area contributed by atoms with Crippen LogP contribution in [-0.2, 0) is 4.79 Å². The number of allylic oxidation sites excluding steroid dienone is 2. The molecule has 5 heteroatoms. The number of ketones is 1. The van der Waals surface area contributed by atoms with Crippen LogP contribution in [0.2, 0.25) is 0 Å². The van der Waals surface area contributed by atoms with Gasteiger partial charge in [-0.25, -0.2) is 0 Å². The first-order chi connectivity index (χ1) is 12.6. The predicted molar refractivity (Wildman–Crippen MR) is 99.5 cm³/mol. The Labute approximate surface area is 152 Å². The van der Waals surface area contributed by atoms with Crippen LogP contribution in [0.3, 0.4) is 0 Å². The van der Waals surface area contributed by atoms with Gasteiger partial charge >= 0.3 is 0 Å². The van der Waals surface area contributed by atoms with Gasteiger partial charge in [-0.1, -0.05) is 30.3 Å². The molecular formula is C21H21NO4. The van der Waals surface area contributed by atoms with E-state index in [1.807, 2.05) is 17.1 Å². The molecule has 1 heterocycles. The Morgan fingerprint density at radius 1 is 0.962 bits per heavy atom. The highest BCUT2D eigenvalue weighted by Gasteiger charge is 2.28. The molecule has 1 aliphatic heterocycles. The van der Waals surface area contributed by atoms with Crippen molar-refractivity contribution < 1.29 is 20.1 Å². The van der Waals surface area contributed by atoms with Crippen molar-refractivity contribution in [2.24, 2.45) is 0 Å². The summed E-state index contributed by atoms with van der Waals surface area (Å²) in [5.74, 6) is 0.388. The van der Waals surface area contributed by atoms with Crippen molar-refractivity contribution in [3.8, 4) is 11.5 Å². The summed E-state index contributed by atoms with van der Waals surface area (Å²) in [5.41, 5.74) is 2.53. The Kier molecular flexibility index (Phi) is 5.39. The molecule has 1 unspecified atom stereocenters. The highest BCUT2D eigenvalue weighted by atomic mass is 16.3. The van der Waals surface area contributed by atoms with E-state index in [0.29, 0.717) is 13.0 Å². The maximum atomic E-state index is 12.2. The summed E-state index contributed by atoms with van der Waals surface area (Å²) >= 11 is 0. The van der Waals surface area contributed by atoms with Crippen LogP contribution in [0.15, 0.2) is 66.4 Å². The third-order valence-corrected chi connectivity index (χ3v) is 4.37. The second kappa shape index (κ2) is 7.89. The summed E-state index contributed by atoms with van der Waals surface area (Å²) < 4.78 is 0. The van der Waals surface area contributed by atoms with Gasteiger partial charge in [0.25, 0.3) is 0 Å². The molecule has 1 atom stereocenters. The number of aromatic hydroxyl groups is 2. The Morgan fingerprint density at radius 3 is 2.19 bits per heavy atom. The molecule has 3 N–H and O–H groups in total. The molecule has 2 aromatic carbocycles. The molecule has 0 radical (unpaired) electrons. The Morgan fingerprint density at radius 2 is 1.58 bits per heavy atom. The zero-order valence-electron chi connectivity index (χ0n) is 14.2. The van der Waals surface area contributed by atoms with Crippen LogP contribution in [-0.4, -0.2) is 39.2 Å². The fraction of sp³-hybridized carbons (Fsp3) is 0.190. The molecule has 0 aromatic heterocycles. The van der Waals surface area contributed by atoms with Gasteiger partial charge in [-0.3, -0.25) is 4.79 Å². The van der Waals surface area contributed by atoms with E-state index >= 15 is 0 Å². The third kappa shape index (κ3) is 4.13. The van der Waals surface area contributed by atoms with Crippen molar-refractivity contribution in [2.45, 2.75) is 12.5 Å². The van der Waals surface area contributed by atoms with E-state index in [-0.39, 0.29) is 29.9 Å². The first-order valence-electron chi connectivity index (χ1n) is 8.45. The van der Waals surface area contributed by atoms with Crippen molar-refractivity contribution in [1.29, 1.82) is 0 Å². The molecule has 134 valence electrons. The Bertz CT molecular complexity index is 822. The van der Waals surface area contributed by atoms with Gasteiger partial charge in [0.15, 0.2) is 5.78 Å². The number of phenolic OH excluding ortho intramolecular Hbond substituents is 2. The summed E-state index contributed by atoms with van der Waals surface area (Å²) in [6.07, 6.45) is 5.61. The molecule has 0 bridgehead atoms. The predicted octanol–water partition coefficient (Wildman–Crippen LogP) is 3.00. The topological polar surface area (TPSA) is 81.0 Å². The van der Waals surface area contributed by atoms with Crippen LogP contribution >= 0.6 is 0 Å². The van der Waals surface area contributed by atoms with Crippen LogP contribution in [0, 0.1) is 0 Å². The van der Waals surface area contributed by atoms with E-state index in [0.717, 1.165) is 16.8 Å². The normalized spacial score (nSPS) is 17.6. The third-order valence-electron chi connectivity index (χ3n) is 4.37. The van der Waals surface area contributed by atoms with Gasteiger partial charge in [0, 0.05) is 24.7 Å². The number of hydrogen-bond donors (Lipinski definition) is 3. The van der Waals surface area contributed by atoms with Crippen molar-refractivity contribution in [3.63, 3.8) is 0 Å². The van der Waals surface area contributed by atoms with E-state index in [2.05, 4.69) is 0 Å². The van der Waals surface area contributed by atoms with Gasteiger partial charge in [0.1, 0.15) is 11.5 Å². The van der Waals surface area contributed by atoms with E-state index in [1.165, 1.54) is 0 Å². The standard InChI is InChI=1S/C21H21NO4/c23-12-11-22-17(6-1-15-2-7-18(24)8-3-15)13-20(26)14-21(22)16-4-9-19(25)10-5-16/h1-10,13,21,23-25H,11-12,14H2/b6-1+. The molecular weight excluding hydrogens is 330 g/mol. The maximum Gasteiger partial charge on any atom is 0.160 e. The number of hydrogen-bond acceptors (Lipinski definition) is 5. The fourth-order valence-corrected chi connectivity index (χ4v) is 3.09. The minimum atomic E-state index is -0.195. The summed E-state index contributed by atoms with van der Waals surface area (Å²) in [4.78, 5) is 14.2. The van der Waals surface area contributed by atoms with Gasteiger partial charge in [-0.15, -0.1) is 0 Å². The number of carbonyl (C=O) groups is 1. The molecule has 2 aromatic rings. The van der Waals surface area contributed by atoms with Crippen molar-refractivity contribution >= 4 is 11.9 Å². The monoisotopic (exact) mass is 351 g/mol. The molecule has 26 heavy (non-hydrogen) atoms. The molecule has 0 aliphatic carbocycles. The number of phenols is 2. The van der Waals surface area contributed by atoms with Crippen LogP contribution < -0.4 is 0 Å². The number of rotatable bonds is 5. The zero-order valence-corrected chi connectivity index (χ0v) is 14.2. The van der Waals surface area contributed by atoms with Gasteiger partial charge in [-0.05, 0) is 41.5 Å². The summed E-state index contributed by atoms with van der Waals surface area (Å²) in [5, 5.41) is 28.3. The van der Waals surface area contributed by atoms with Crippen molar-refractivity contribution in [1.82, 2.24) is 4.90 Å². The Hall–Kier alpha value is -3.05. The van der Waals surface area contributed by atoms with E-state index in [9.17, 15) is 20.1 Å². The SMILES string of the molecule is O=C1C=C(/C=C/c2ccc(O)cc2)N(CCO)C(c2ccc(O)cc2)C1. The fourth-order valence-electron chi connectivity index (χ4n) is 3.09. The Balaban J connectivity index is 1.90. The summed E-state index contributed by atoms with van der Waals surface area (Å²) in [6.45, 7) is 0.359. The number of aliphatic hydroxyl groups excluding tert-OH is 1. The van der Waals surface area contributed by atoms with Gasteiger partial charge < -0.3 is 20.2 Å². The average molecular weight is 351 g/mol.